The molecule has 0 radical (unpaired) electrons. The van der Waals surface area contributed by atoms with Gasteiger partial charge in [0.05, 0.1) is 27.7 Å². The van der Waals surface area contributed by atoms with E-state index in [0.29, 0.717) is 17.4 Å². The smallest absolute Gasteiger partial charge is 0.306 e. The van der Waals surface area contributed by atoms with Gasteiger partial charge < -0.3 is 27.9 Å². The average Bonchev–Trinajstić information content (AvgIpc) is 3.12. The van der Waals surface area contributed by atoms with Crippen LogP contribution in [0.3, 0.4) is 0 Å². The minimum atomic E-state index is -3.79. The minimum Gasteiger partial charge on any atom is -0.780 e. The van der Waals surface area contributed by atoms with Crippen LogP contribution in [0.25, 0.3) is 0 Å². The Morgan fingerprint density at radius 1 is 0.574 bits per heavy atom. The van der Waals surface area contributed by atoms with Crippen LogP contribution in [0.1, 0.15) is 206 Å². The van der Waals surface area contributed by atoms with Crippen LogP contribution in [0.5, 0.6) is 0 Å². The zero-order chi connectivity index (χ0) is 40.0. The molecule has 0 aromatic heterocycles. The lowest BCUT2D eigenvalue weighted by Crippen LogP contribution is -2.37. The third-order valence-electron chi connectivity index (χ3n) is 9.79. The molecule has 0 bridgehead atoms. The Bertz CT molecular complexity index is 942. The summed E-state index contributed by atoms with van der Waals surface area (Å²) in [5.74, 6) is -0.714. The Labute approximate surface area is 339 Å². The lowest BCUT2D eigenvalue weighted by molar-refractivity contribution is -0.870. The molecule has 8 nitrogen and oxygen atoms in total. The molecule has 0 aromatic rings. The molecule has 320 valence electrons. The molecule has 0 heterocycles. The van der Waals surface area contributed by atoms with E-state index in [1.54, 1.807) is 0 Å². The number of esters is 2. The van der Waals surface area contributed by atoms with Gasteiger partial charge in [-0.25, -0.2) is 0 Å². The molecule has 2 atom stereocenters. The predicted octanol–water partition coefficient (Wildman–Crippen LogP) is 12.1. The van der Waals surface area contributed by atoms with E-state index in [9.17, 15) is 14.5 Å². The second-order valence-electron chi connectivity index (χ2n) is 16.4. The highest BCUT2D eigenvalue weighted by atomic mass is 32.5. The molecule has 0 aliphatic heterocycles. The normalized spacial score (nSPS) is 13.7. The molecule has 0 amide bonds. The summed E-state index contributed by atoms with van der Waals surface area (Å²) in [5, 5.41) is 0. The van der Waals surface area contributed by atoms with Crippen molar-refractivity contribution in [3.05, 3.63) is 12.2 Å². The first kappa shape index (κ1) is 53.2. The number of hydrogen-bond donors (Lipinski definition) is 0. The summed E-state index contributed by atoms with van der Waals surface area (Å²) >= 11 is 5.07. The Balaban J connectivity index is 4.34. The molecule has 0 saturated heterocycles. The number of unbranched alkanes of at least 4 members (excludes halogenated alkanes) is 25. The highest BCUT2D eigenvalue weighted by molar-refractivity contribution is 8.06. The van der Waals surface area contributed by atoms with Crippen LogP contribution >= 0.6 is 6.72 Å². The molecule has 0 fully saturated rings. The van der Waals surface area contributed by atoms with Gasteiger partial charge in [0.25, 0.3) is 0 Å². The molecular formula is C44H86NO7PS. The second-order valence-corrected chi connectivity index (χ2v) is 19.2. The maximum atomic E-state index is 12.7. The van der Waals surface area contributed by atoms with Crippen LogP contribution < -0.4 is 4.89 Å². The van der Waals surface area contributed by atoms with E-state index in [1.165, 1.54) is 128 Å². The van der Waals surface area contributed by atoms with Crippen LogP contribution in [0.2, 0.25) is 0 Å². The van der Waals surface area contributed by atoms with Gasteiger partial charge in [-0.15, -0.1) is 0 Å². The van der Waals surface area contributed by atoms with Crippen molar-refractivity contribution in [1.29, 1.82) is 0 Å². The summed E-state index contributed by atoms with van der Waals surface area (Å²) in [6, 6.07) is 0. The molecule has 0 N–H and O–H groups in total. The second kappa shape index (κ2) is 37.7. The quantitative estimate of drug-likeness (QED) is 0.0198. The third-order valence-corrected chi connectivity index (χ3v) is 11.4. The number of carbonyl (C=O) groups excluding carboxylic acids is 2. The molecule has 0 aliphatic carbocycles. The summed E-state index contributed by atoms with van der Waals surface area (Å²) in [6.07, 6.45) is 38.7. The largest absolute Gasteiger partial charge is 0.780 e. The molecular weight excluding hydrogens is 718 g/mol. The van der Waals surface area contributed by atoms with Crippen molar-refractivity contribution < 1.29 is 37.5 Å². The fraction of sp³-hybridized carbons (Fsp3) is 0.909. The zero-order valence-corrected chi connectivity index (χ0v) is 37.6. The summed E-state index contributed by atoms with van der Waals surface area (Å²) in [6.45, 7) is 1.10. The first-order valence-corrected chi connectivity index (χ1v) is 25.0. The number of likely N-dealkylation sites (N-methyl/N-ethyl adjacent to an activating group) is 1. The molecule has 0 rings (SSSR count). The number of quaternary nitrogens is 1. The topological polar surface area (TPSA) is 94.1 Å². The fourth-order valence-electron chi connectivity index (χ4n) is 6.24. The van der Waals surface area contributed by atoms with Gasteiger partial charge >= 0.3 is 11.9 Å². The summed E-state index contributed by atoms with van der Waals surface area (Å²) in [4.78, 5) is 38.0. The number of rotatable bonds is 41. The van der Waals surface area contributed by atoms with Gasteiger partial charge in [-0.3, -0.25) is 9.59 Å². The van der Waals surface area contributed by atoms with E-state index in [0.717, 1.165) is 51.4 Å². The highest BCUT2D eigenvalue weighted by Crippen LogP contribution is 2.39. The van der Waals surface area contributed by atoms with Gasteiger partial charge in [0.15, 0.2) is 6.10 Å². The molecule has 0 spiro atoms. The van der Waals surface area contributed by atoms with Crippen molar-refractivity contribution in [2.45, 2.75) is 213 Å². The molecule has 0 saturated carbocycles. The summed E-state index contributed by atoms with van der Waals surface area (Å²) < 4.78 is 22.5. The zero-order valence-electron chi connectivity index (χ0n) is 35.9. The predicted molar refractivity (Wildman–Crippen MR) is 229 cm³/mol. The first-order chi connectivity index (χ1) is 26.0. The van der Waals surface area contributed by atoms with E-state index in [2.05, 4.69) is 26.0 Å². The van der Waals surface area contributed by atoms with Gasteiger partial charge in [-0.05, 0) is 38.5 Å². The first-order valence-electron chi connectivity index (χ1n) is 22.4. The van der Waals surface area contributed by atoms with Crippen LogP contribution in [0.4, 0.5) is 0 Å². The van der Waals surface area contributed by atoms with Crippen LogP contribution in [0.15, 0.2) is 12.2 Å². The maximum Gasteiger partial charge on any atom is 0.306 e. The number of hydrogen-bond acceptors (Lipinski definition) is 8. The average molecular weight is 804 g/mol. The van der Waals surface area contributed by atoms with Crippen molar-refractivity contribution in [3.63, 3.8) is 0 Å². The Kier molecular flexibility index (Phi) is 37.2. The van der Waals surface area contributed by atoms with E-state index in [1.807, 2.05) is 21.1 Å². The van der Waals surface area contributed by atoms with Gasteiger partial charge in [-0.1, -0.05) is 179 Å². The molecule has 0 aromatic carbocycles. The van der Waals surface area contributed by atoms with E-state index in [4.69, 9.17) is 30.3 Å². The summed E-state index contributed by atoms with van der Waals surface area (Å²) in [7, 11) is 5.99. The standard InChI is InChI=1S/C44H86NO7PS/c1-6-8-10-12-14-16-18-20-22-24-26-28-30-32-34-36-43(46)49-40-42(41-51-53(48,54)50-39-38-45(3,4)5)52-44(47)37-35-33-31-29-27-25-23-21-19-17-15-13-11-9-7-2/h20,22,42H,6-19,21,23-41H2,1-5H3/b22-20-. The minimum absolute atomic E-state index is 0.164. The summed E-state index contributed by atoms with van der Waals surface area (Å²) in [5.41, 5.74) is 0. The number of ether oxygens (including phenoxy) is 2. The van der Waals surface area contributed by atoms with Gasteiger partial charge in [0, 0.05) is 12.8 Å². The number of allylic oxidation sites excluding steroid dienone is 2. The van der Waals surface area contributed by atoms with Crippen molar-refractivity contribution >= 4 is 30.5 Å². The Hall–Kier alpha value is -0.830. The SMILES string of the molecule is CCCCCCCC/C=C\CCCCCCCC(=O)OCC(COP([O-])(=S)OCC[N+](C)(C)C)OC(=O)CCCCCCCCCCCCCCCCC. The molecule has 2 unspecified atom stereocenters. The highest BCUT2D eigenvalue weighted by Gasteiger charge is 2.20. The van der Waals surface area contributed by atoms with Crippen molar-refractivity contribution in [2.75, 3.05) is 47.5 Å². The van der Waals surface area contributed by atoms with Crippen molar-refractivity contribution in [1.82, 2.24) is 0 Å². The van der Waals surface area contributed by atoms with Crippen LogP contribution in [-0.2, 0) is 39.9 Å². The number of carbonyl (C=O) groups is 2. The van der Waals surface area contributed by atoms with Crippen LogP contribution in [-0.4, -0.2) is 70.0 Å². The lowest BCUT2D eigenvalue weighted by Gasteiger charge is -2.31. The third kappa shape index (κ3) is 40.8. The van der Waals surface area contributed by atoms with E-state index >= 15 is 0 Å². The van der Waals surface area contributed by atoms with Crippen molar-refractivity contribution in [2.24, 2.45) is 0 Å². The van der Waals surface area contributed by atoms with Gasteiger partial charge in [0.2, 0.25) is 0 Å². The fourth-order valence-corrected chi connectivity index (χ4v) is 7.37. The molecule has 10 heteroatoms. The van der Waals surface area contributed by atoms with Crippen molar-refractivity contribution in [3.8, 4) is 0 Å². The molecule has 0 aliphatic rings. The monoisotopic (exact) mass is 804 g/mol. The lowest BCUT2D eigenvalue weighted by atomic mass is 10.0. The van der Waals surface area contributed by atoms with Crippen LogP contribution in [0, 0.1) is 0 Å². The van der Waals surface area contributed by atoms with E-state index < -0.39 is 12.8 Å². The van der Waals surface area contributed by atoms with E-state index in [-0.39, 0.29) is 38.2 Å². The molecule has 54 heavy (non-hydrogen) atoms. The maximum absolute atomic E-state index is 12.7. The Morgan fingerprint density at radius 2 is 0.963 bits per heavy atom. The van der Waals surface area contributed by atoms with Gasteiger partial charge in [0.1, 0.15) is 26.5 Å². The Morgan fingerprint density at radius 3 is 1.39 bits per heavy atom. The number of nitrogens with zero attached hydrogens (tertiary/aromatic N) is 1. The van der Waals surface area contributed by atoms with Gasteiger partial charge in [-0.2, -0.15) is 0 Å².